The Morgan fingerprint density at radius 1 is 1.00 bits per heavy atom. The van der Waals surface area contributed by atoms with Crippen LogP contribution in [0.3, 0.4) is 0 Å². The molecule has 0 spiro atoms. The Bertz CT molecular complexity index is 1040. The van der Waals surface area contributed by atoms with Gasteiger partial charge in [0.2, 0.25) is 5.91 Å². The number of rotatable bonds is 7. The van der Waals surface area contributed by atoms with Crippen molar-refractivity contribution in [2.45, 2.75) is 32.7 Å². The summed E-state index contributed by atoms with van der Waals surface area (Å²) < 4.78 is 1.23. The van der Waals surface area contributed by atoms with Crippen LogP contribution in [0.2, 0.25) is 0 Å². The normalized spacial score (nSPS) is 10.9. The Labute approximate surface area is 157 Å². The fourth-order valence-corrected chi connectivity index (χ4v) is 3.07. The number of fused-ring (bicyclic) bond motifs is 1. The molecule has 0 radical (unpaired) electrons. The summed E-state index contributed by atoms with van der Waals surface area (Å²) in [5, 5.41) is 3.29. The highest BCUT2D eigenvalue weighted by Crippen LogP contribution is 2.15. The fourth-order valence-electron chi connectivity index (χ4n) is 3.07. The maximum atomic E-state index is 12.8. The summed E-state index contributed by atoms with van der Waals surface area (Å²) in [5.41, 5.74) is 0.219. The molecule has 2 aromatic carbocycles. The van der Waals surface area contributed by atoms with Crippen molar-refractivity contribution in [2.24, 2.45) is 0 Å². The second-order valence-electron chi connectivity index (χ2n) is 6.43. The molecule has 0 aliphatic carbocycles. The molecule has 6 nitrogen and oxygen atoms in total. The predicted molar refractivity (Wildman–Crippen MR) is 107 cm³/mol. The SMILES string of the molecule is CCCCN(C(=O)CCn1[nH]c(=O)c2ccccc2c1=O)c1ccccc1. The van der Waals surface area contributed by atoms with Crippen molar-refractivity contribution in [3.05, 3.63) is 75.3 Å². The van der Waals surface area contributed by atoms with Gasteiger partial charge in [0.05, 0.1) is 17.3 Å². The summed E-state index contributed by atoms with van der Waals surface area (Å²) in [6, 6.07) is 16.2. The van der Waals surface area contributed by atoms with Gasteiger partial charge in [-0.1, -0.05) is 43.7 Å². The first-order chi connectivity index (χ1) is 13.1. The molecule has 0 saturated heterocycles. The highest BCUT2D eigenvalue weighted by atomic mass is 16.2. The van der Waals surface area contributed by atoms with Gasteiger partial charge in [-0.05, 0) is 30.7 Å². The molecule has 3 rings (SSSR count). The van der Waals surface area contributed by atoms with E-state index in [4.69, 9.17) is 0 Å². The first kappa shape index (κ1) is 18.6. The van der Waals surface area contributed by atoms with Gasteiger partial charge in [-0.2, -0.15) is 0 Å². The molecule has 140 valence electrons. The van der Waals surface area contributed by atoms with Crippen LogP contribution in [0.15, 0.2) is 64.2 Å². The van der Waals surface area contributed by atoms with E-state index in [0.717, 1.165) is 18.5 Å². The van der Waals surface area contributed by atoms with E-state index in [1.54, 1.807) is 29.2 Å². The molecule has 0 atom stereocenters. The van der Waals surface area contributed by atoms with E-state index in [9.17, 15) is 14.4 Å². The third kappa shape index (κ3) is 4.16. The molecular weight excluding hydrogens is 342 g/mol. The Kier molecular flexibility index (Phi) is 5.86. The molecule has 0 bridgehead atoms. The fraction of sp³-hybridized carbons (Fsp3) is 0.286. The number of unbranched alkanes of at least 4 members (excludes halogenated alkanes) is 1. The number of nitrogens with one attached hydrogen (secondary N) is 1. The smallest absolute Gasteiger partial charge is 0.273 e. The summed E-state index contributed by atoms with van der Waals surface area (Å²) in [6.07, 6.45) is 2.01. The first-order valence-electron chi connectivity index (χ1n) is 9.19. The molecule has 27 heavy (non-hydrogen) atoms. The number of para-hydroxylation sites is 1. The van der Waals surface area contributed by atoms with E-state index >= 15 is 0 Å². The number of anilines is 1. The monoisotopic (exact) mass is 365 g/mol. The Balaban J connectivity index is 1.81. The van der Waals surface area contributed by atoms with E-state index in [-0.39, 0.29) is 30.0 Å². The third-order valence-electron chi connectivity index (χ3n) is 4.54. The second-order valence-corrected chi connectivity index (χ2v) is 6.43. The van der Waals surface area contributed by atoms with Gasteiger partial charge < -0.3 is 4.90 Å². The zero-order valence-electron chi connectivity index (χ0n) is 15.4. The van der Waals surface area contributed by atoms with Gasteiger partial charge in [0.1, 0.15) is 0 Å². The average molecular weight is 365 g/mol. The van der Waals surface area contributed by atoms with Crippen LogP contribution in [0.1, 0.15) is 26.2 Å². The predicted octanol–water partition coefficient (Wildman–Crippen LogP) is 2.91. The van der Waals surface area contributed by atoms with Gasteiger partial charge >= 0.3 is 0 Å². The number of aromatic nitrogens is 2. The molecular formula is C21H23N3O3. The number of H-pyrrole nitrogens is 1. The van der Waals surface area contributed by atoms with E-state index < -0.39 is 0 Å². The van der Waals surface area contributed by atoms with Crippen molar-refractivity contribution in [1.82, 2.24) is 9.78 Å². The van der Waals surface area contributed by atoms with Crippen LogP contribution in [0.25, 0.3) is 10.8 Å². The first-order valence-corrected chi connectivity index (χ1v) is 9.19. The summed E-state index contributed by atoms with van der Waals surface area (Å²) in [6.45, 7) is 2.84. The van der Waals surface area contributed by atoms with Crippen LogP contribution in [0.5, 0.6) is 0 Å². The summed E-state index contributed by atoms with van der Waals surface area (Å²) >= 11 is 0. The van der Waals surface area contributed by atoms with Gasteiger partial charge in [0, 0.05) is 18.7 Å². The maximum Gasteiger partial charge on any atom is 0.273 e. The largest absolute Gasteiger partial charge is 0.312 e. The van der Waals surface area contributed by atoms with Crippen molar-refractivity contribution < 1.29 is 4.79 Å². The maximum absolute atomic E-state index is 12.8. The van der Waals surface area contributed by atoms with Crippen LogP contribution in [0, 0.1) is 0 Å². The number of amides is 1. The van der Waals surface area contributed by atoms with Crippen LogP contribution in [0.4, 0.5) is 5.69 Å². The number of aryl methyl sites for hydroxylation is 1. The zero-order valence-corrected chi connectivity index (χ0v) is 15.4. The van der Waals surface area contributed by atoms with Crippen LogP contribution >= 0.6 is 0 Å². The topological polar surface area (TPSA) is 75.2 Å². The standard InChI is InChI=1S/C21H23N3O3/c1-2-3-14-23(16-9-5-4-6-10-16)19(25)13-15-24-21(27)18-12-8-7-11-17(18)20(26)22-24/h4-12H,2-3,13-15H2,1H3,(H,22,26). The van der Waals surface area contributed by atoms with Crippen molar-refractivity contribution in [3.8, 4) is 0 Å². The minimum absolute atomic E-state index is 0.0736. The quantitative estimate of drug-likeness (QED) is 0.699. The number of carbonyl (C=O) groups is 1. The van der Waals surface area contributed by atoms with Crippen LogP contribution in [-0.2, 0) is 11.3 Å². The summed E-state index contributed by atoms with van der Waals surface area (Å²) in [5.74, 6) is -0.0736. The van der Waals surface area contributed by atoms with Crippen molar-refractivity contribution in [1.29, 1.82) is 0 Å². The Morgan fingerprint density at radius 3 is 2.37 bits per heavy atom. The highest BCUT2D eigenvalue weighted by Gasteiger charge is 2.16. The number of nitrogens with zero attached hydrogens (tertiary/aromatic N) is 2. The van der Waals surface area contributed by atoms with E-state index in [1.165, 1.54) is 4.68 Å². The lowest BCUT2D eigenvalue weighted by molar-refractivity contribution is -0.118. The average Bonchev–Trinajstić information content (AvgIpc) is 2.71. The molecule has 1 N–H and O–H groups in total. The molecule has 0 aliphatic heterocycles. The molecule has 0 aliphatic rings. The van der Waals surface area contributed by atoms with Gasteiger partial charge in [-0.3, -0.25) is 19.5 Å². The summed E-state index contributed by atoms with van der Waals surface area (Å²) in [4.78, 5) is 39.3. The second kappa shape index (κ2) is 8.49. The van der Waals surface area contributed by atoms with Crippen LogP contribution in [-0.4, -0.2) is 22.2 Å². The molecule has 6 heteroatoms. The minimum atomic E-state index is -0.330. The molecule has 0 fully saturated rings. The van der Waals surface area contributed by atoms with Gasteiger partial charge in [-0.15, -0.1) is 0 Å². The third-order valence-corrected chi connectivity index (χ3v) is 4.54. The molecule has 1 amide bonds. The number of hydrogen-bond acceptors (Lipinski definition) is 3. The number of carbonyl (C=O) groups excluding carboxylic acids is 1. The minimum Gasteiger partial charge on any atom is -0.312 e. The van der Waals surface area contributed by atoms with Gasteiger partial charge in [-0.25, -0.2) is 4.68 Å². The molecule has 0 saturated carbocycles. The van der Waals surface area contributed by atoms with E-state index in [2.05, 4.69) is 12.0 Å². The molecule has 3 aromatic rings. The lowest BCUT2D eigenvalue weighted by Gasteiger charge is -2.23. The van der Waals surface area contributed by atoms with Gasteiger partial charge in [0.15, 0.2) is 0 Å². The Hall–Kier alpha value is -3.15. The lowest BCUT2D eigenvalue weighted by atomic mass is 10.2. The van der Waals surface area contributed by atoms with E-state index in [1.807, 2.05) is 30.3 Å². The molecule has 0 unspecified atom stereocenters. The van der Waals surface area contributed by atoms with Crippen molar-refractivity contribution in [3.63, 3.8) is 0 Å². The van der Waals surface area contributed by atoms with Crippen LogP contribution < -0.4 is 16.0 Å². The molecule has 1 aromatic heterocycles. The zero-order chi connectivity index (χ0) is 19.2. The number of benzene rings is 2. The van der Waals surface area contributed by atoms with Gasteiger partial charge in [0.25, 0.3) is 11.1 Å². The number of aromatic amines is 1. The summed E-state index contributed by atoms with van der Waals surface area (Å²) in [7, 11) is 0. The Morgan fingerprint density at radius 2 is 1.67 bits per heavy atom. The van der Waals surface area contributed by atoms with E-state index in [0.29, 0.717) is 17.3 Å². The number of hydrogen-bond donors (Lipinski definition) is 1. The van der Waals surface area contributed by atoms with Crippen molar-refractivity contribution >= 4 is 22.4 Å². The van der Waals surface area contributed by atoms with Crippen molar-refractivity contribution in [2.75, 3.05) is 11.4 Å². The lowest BCUT2D eigenvalue weighted by Crippen LogP contribution is -2.35. The highest BCUT2D eigenvalue weighted by molar-refractivity contribution is 5.93. The molecule has 1 heterocycles.